The second-order valence-corrected chi connectivity index (χ2v) is 3.15. The SMILES string of the molecule is N[C@H]1CCO[C@@H]1c1ccccc1. The van der Waals surface area contributed by atoms with Crippen LogP contribution in [0.2, 0.25) is 0 Å². The van der Waals surface area contributed by atoms with E-state index in [1.807, 2.05) is 18.2 Å². The van der Waals surface area contributed by atoms with E-state index in [0.717, 1.165) is 13.0 Å². The number of nitrogens with two attached hydrogens (primary N) is 1. The second kappa shape index (κ2) is 3.25. The van der Waals surface area contributed by atoms with Crippen molar-refractivity contribution in [2.24, 2.45) is 5.73 Å². The molecular formula is C10H13NO. The van der Waals surface area contributed by atoms with E-state index in [0.29, 0.717) is 0 Å². The van der Waals surface area contributed by atoms with Crippen LogP contribution in [0.1, 0.15) is 18.1 Å². The average molecular weight is 163 g/mol. The smallest absolute Gasteiger partial charge is 0.0976 e. The zero-order chi connectivity index (χ0) is 8.39. The van der Waals surface area contributed by atoms with Gasteiger partial charge in [-0.05, 0) is 12.0 Å². The van der Waals surface area contributed by atoms with Crippen molar-refractivity contribution in [1.82, 2.24) is 0 Å². The molecule has 12 heavy (non-hydrogen) atoms. The highest BCUT2D eigenvalue weighted by Crippen LogP contribution is 2.26. The maximum absolute atomic E-state index is 5.89. The molecule has 1 aromatic carbocycles. The van der Waals surface area contributed by atoms with Crippen molar-refractivity contribution >= 4 is 0 Å². The molecule has 2 rings (SSSR count). The Morgan fingerprint density at radius 2 is 2.00 bits per heavy atom. The van der Waals surface area contributed by atoms with Gasteiger partial charge in [0.05, 0.1) is 6.10 Å². The van der Waals surface area contributed by atoms with E-state index in [4.69, 9.17) is 10.5 Å². The highest BCUT2D eigenvalue weighted by molar-refractivity contribution is 5.19. The van der Waals surface area contributed by atoms with Crippen molar-refractivity contribution in [3.63, 3.8) is 0 Å². The molecule has 1 fully saturated rings. The number of rotatable bonds is 1. The molecule has 0 aliphatic carbocycles. The standard InChI is InChI=1S/C10H13NO/c11-9-6-7-12-10(9)8-4-2-1-3-5-8/h1-5,9-10H,6-7,11H2/t9-,10+/m0/s1. The van der Waals surface area contributed by atoms with Crippen molar-refractivity contribution in [3.8, 4) is 0 Å². The summed E-state index contributed by atoms with van der Waals surface area (Å²) < 4.78 is 5.53. The van der Waals surface area contributed by atoms with Crippen LogP contribution in [0.5, 0.6) is 0 Å². The van der Waals surface area contributed by atoms with Crippen LogP contribution in [0.25, 0.3) is 0 Å². The summed E-state index contributed by atoms with van der Waals surface area (Å²) >= 11 is 0. The Labute approximate surface area is 72.3 Å². The largest absolute Gasteiger partial charge is 0.372 e. The van der Waals surface area contributed by atoms with E-state index in [1.165, 1.54) is 5.56 Å². The molecule has 0 spiro atoms. The molecule has 0 saturated carbocycles. The van der Waals surface area contributed by atoms with Crippen molar-refractivity contribution in [3.05, 3.63) is 35.9 Å². The Kier molecular flexibility index (Phi) is 2.11. The van der Waals surface area contributed by atoms with Crippen molar-refractivity contribution in [2.75, 3.05) is 6.61 Å². The Morgan fingerprint density at radius 1 is 1.25 bits per heavy atom. The summed E-state index contributed by atoms with van der Waals surface area (Å²) in [5.41, 5.74) is 7.08. The first kappa shape index (κ1) is 7.77. The van der Waals surface area contributed by atoms with Gasteiger partial charge in [0.25, 0.3) is 0 Å². The number of hydrogen-bond donors (Lipinski definition) is 1. The van der Waals surface area contributed by atoms with Gasteiger partial charge < -0.3 is 10.5 Å². The van der Waals surface area contributed by atoms with Gasteiger partial charge in [-0.25, -0.2) is 0 Å². The van der Waals surface area contributed by atoms with E-state index >= 15 is 0 Å². The fourth-order valence-corrected chi connectivity index (χ4v) is 1.59. The molecule has 64 valence electrons. The molecule has 0 amide bonds. The summed E-state index contributed by atoms with van der Waals surface area (Å²) in [6, 6.07) is 10.3. The van der Waals surface area contributed by atoms with E-state index in [2.05, 4.69) is 12.1 Å². The lowest BCUT2D eigenvalue weighted by Crippen LogP contribution is -2.23. The van der Waals surface area contributed by atoms with Gasteiger partial charge in [0, 0.05) is 12.6 Å². The van der Waals surface area contributed by atoms with Crippen LogP contribution in [0.3, 0.4) is 0 Å². The van der Waals surface area contributed by atoms with Gasteiger partial charge in [0.1, 0.15) is 0 Å². The quantitative estimate of drug-likeness (QED) is 0.680. The average Bonchev–Trinajstić information content (AvgIpc) is 2.53. The molecule has 1 saturated heterocycles. The molecule has 1 aliphatic heterocycles. The van der Waals surface area contributed by atoms with Crippen LogP contribution in [0.4, 0.5) is 0 Å². The zero-order valence-electron chi connectivity index (χ0n) is 6.94. The molecule has 1 heterocycles. The van der Waals surface area contributed by atoms with Crippen LogP contribution < -0.4 is 5.73 Å². The normalized spacial score (nSPS) is 29.1. The molecular weight excluding hydrogens is 150 g/mol. The van der Waals surface area contributed by atoms with Crippen LogP contribution in [0.15, 0.2) is 30.3 Å². The van der Waals surface area contributed by atoms with E-state index in [-0.39, 0.29) is 12.1 Å². The fraction of sp³-hybridized carbons (Fsp3) is 0.400. The zero-order valence-corrected chi connectivity index (χ0v) is 6.94. The lowest BCUT2D eigenvalue weighted by molar-refractivity contribution is 0.105. The first-order valence-electron chi connectivity index (χ1n) is 4.30. The van der Waals surface area contributed by atoms with Crippen LogP contribution in [-0.4, -0.2) is 12.6 Å². The lowest BCUT2D eigenvalue weighted by Gasteiger charge is -2.14. The highest BCUT2D eigenvalue weighted by Gasteiger charge is 2.25. The number of benzene rings is 1. The minimum Gasteiger partial charge on any atom is -0.372 e. The fourth-order valence-electron chi connectivity index (χ4n) is 1.59. The van der Waals surface area contributed by atoms with E-state index in [9.17, 15) is 0 Å². The summed E-state index contributed by atoms with van der Waals surface area (Å²) in [4.78, 5) is 0. The summed E-state index contributed by atoms with van der Waals surface area (Å²) in [6.07, 6.45) is 1.09. The third-order valence-corrected chi connectivity index (χ3v) is 2.27. The van der Waals surface area contributed by atoms with Crippen LogP contribution in [0, 0.1) is 0 Å². The third kappa shape index (κ3) is 1.36. The van der Waals surface area contributed by atoms with Gasteiger partial charge in [-0.1, -0.05) is 30.3 Å². The molecule has 2 atom stereocenters. The molecule has 1 aromatic rings. The first-order chi connectivity index (χ1) is 5.88. The van der Waals surface area contributed by atoms with E-state index < -0.39 is 0 Å². The summed E-state index contributed by atoms with van der Waals surface area (Å²) in [5, 5.41) is 0. The van der Waals surface area contributed by atoms with Gasteiger partial charge in [0.2, 0.25) is 0 Å². The van der Waals surface area contributed by atoms with Gasteiger partial charge in [0.15, 0.2) is 0 Å². The highest BCUT2D eigenvalue weighted by atomic mass is 16.5. The maximum atomic E-state index is 5.89. The topological polar surface area (TPSA) is 35.2 Å². The van der Waals surface area contributed by atoms with Gasteiger partial charge in [-0.2, -0.15) is 0 Å². The van der Waals surface area contributed by atoms with Gasteiger partial charge in [-0.3, -0.25) is 0 Å². The van der Waals surface area contributed by atoms with Crippen molar-refractivity contribution < 1.29 is 4.74 Å². The predicted octanol–water partition coefficient (Wildman–Crippen LogP) is 1.48. The summed E-state index contributed by atoms with van der Waals surface area (Å²) in [6.45, 7) is 0.792. The minimum absolute atomic E-state index is 0.117. The Morgan fingerprint density at radius 3 is 2.58 bits per heavy atom. The van der Waals surface area contributed by atoms with Crippen LogP contribution in [-0.2, 0) is 4.74 Å². The predicted molar refractivity (Wildman–Crippen MR) is 47.7 cm³/mol. The molecule has 0 bridgehead atoms. The molecule has 2 N–H and O–H groups in total. The Balaban J connectivity index is 2.19. The first-order valence-corrected chi connectivity index (χ1v) is 4.30. The van der Waals surface area contributed by atoms with Gasteiger partial charge in [-0.15, -0.1) is 0 Å². The Hall–Kier alpha value is -0.860. The van der Waals surface area contributed by atoms with Gasteiger partial charge >= 0.3 is 0 Å². The van der Waals surface area contributed by atoms with Crippen LogP contribution >= 0.6 is 0 Å². The second-order valence-electron chi connectivity index (χ2n) is 3.15. The third-order valence-electron chi connectivity index (χ3n) is 2.27. The number of ether oxygens (including phenoxy) is 1. The molecule has 2 heteroatoms. The molecule has 2 nitrogen and oxygen atoms in total. The molecule has 0 unspecified atom stereocenters. The summed E-state index contributed by atoms with van der Waals surface area (Å²) in [7, 11) is 0. The molecule has 0 aromatic heterocycles. The molecule has 1 aliphatic rings. The minimum atomic E-state index is 0.117. The van der Waals surface area contributed by atoms with E-state index in [1.54, 1.807) is 0 Å². The lowest BCUT2D eigenvalue weighted by atomic mass is 10.0. The number of hydrogen-bond acceptors (Lipinski definition) is 2. The van der Waals surface area contributed by atoms with Crippen molar-refractivity contribution in [2.45, 2.75) is 18.6 Å². The Bertz CT molecular complexity index is 247. The maximum Gasteiger partial charge on any atom is 0.0976 e. The monoisotopic (exact) mass is 163 g/mol. The summed E-state index contributed by atoms with van der Waals surface area (Å²) in [5.74, 6) is 0. The van der Waals surface area contributed by atoms with Crippen molar-refractivity contribution in [1.29, 1.82) is 0 Å². The molecule has 0 radical (unpaired) electrons.